The van der Waals surface area contributed by atoms with Gasteiger partial charge < -0.3 is 76.2 Å². The molecule has 0 aliphatic heterocycles. The minimum absolute atomic E-state index is 0.0899. The van der Waals surface area contributed by atoms with Gasteiger partial charge in [-0.1, -0.05) is 109 Å². The van der Waals surface area contributed by atoms with Crippen LogP contribution in [0.25, 0.3) is 16.6 Å². The summed E-state index contributed by atoms with van der Waals surface area (Å²) < 4.78 is 92.6. The van der Waals surface area contributed by atoms with E-state index in [2.05, 4.69) is 13.0 Å². The molecule has 0 radical (unpaired) electrons. The lowest BCUT2D eigenvalue weighted by atomic mass is 10.0. The maximum absolute atomic E-state index is 9.38. The Bertz CT molecular complexity index is 2230. The molecule has 16 atom stereocenters. The van der Waals surface area contributed by atoms with Crippen LogP contribution in [0.4, 0.5) is 0 Å². The van der Waals surface area contributed by atoms with Gasteiger partial charge in [-0.25, -0.2) is 9.97 Å². The number of nitrogens with zero attached hydrogens (tertiary/aromatic N) is 4. The number of para-hydroxylation sites is 1. The average Bonchev–Trinajstić information content (AvgIpc) is 1.54. The molecule has 2 aromatic heterocycles. The van der Waals surface area contributed by atoms with Crippen LogP contribution in [0.3, 0.4) is 0 Å². The largest absolute Gasteiger partial charge is 0.391 e. The molecule has 0 aliphatic carbocycles. The van der Waals surface area contributed by atoms with Gasteiger partial charge in [-0.3, -0.25) is 0 Å². The number of hydrogen-bond acceptors (Lipinski definition) is 19. The number of unbranched alkanes of at least 4 members (excludes halogenated alkanes) is 13. The summed E-state index contributed by atoms with van der Waals surface area (Å²) in [6.07, 6.45) is 16.9. The standard InChI is InChI=1S/C72H132N4O16/c1-18-19-20-21-22-23-24-25-26-27-28-29-30-31-36-70(72-74-69-35-33-32-34-68(69)71-73-67(17)75-76(71)72)92-51-66(16)91-50-65(15)90-49-64(14)89-48-63(13)88-47-62(12)87-46-61(11)86-45-60(10)85-44-59(9)84-43-58(8)83-42-57(7)82-41-56(6)81-40-55(5)80-39-54(4)79-38-53(3)78-37-52(2)77/h32-35,52-66,70,77H,18-31,36-51H2,1-17H3. The molecule has 0 saturated heterocycles. The summed E-state index contributed by atoms with van der Waals surface area (Å²) in [5.74, 6) is 1.50. The van der Waals surface area contributed by atoms with E-state index in [-0.39, 0.29) is 98.2 Å². The molecule has 0 saturated carbocycles. The third kappa shape index (κ3) is 40.2. The molecular formula is C72H132N4O16. The van der Waals surface area contributed by atoms with Crippen molar-refractivity contribution in [3.05, 3.63) is 35.9 Å². The predicted molar refractivity (Wildman–Crippen MR) is 364 cm³/mol. The van der Waals surface area contributed by atoms with Gasteiger partial charge in [-0.15, -0.1) is 5.10 Å². The Kier molecular flexibility index (Phi) is 46.1. The SMILES string of the molecule is CCCCCCCCCCCCCCCCC(OCC(C)OCC(C)OCC(C)OCC(C)OCC(C)OCC(C)OCC(C)OCC(C)OCC(C)OCC(C)OCC(C)OCC(C)OCC(C)OCC(C)OCC(C)O)c1nc2ccccc2c2nc(C)nn12. The van der Waals surface area contributed by atoms with E-state index in [1.54, 1.807) is 6.92 Å². The summed E-state index contributed by atoms with van der Waals surface area (Å²) in [4.78, 5) is 9.92. The summed E-state index contributed by atoms with van der Waals surface area (Å²) in [5.41, 5.74) is 1.71. The molecular weight excluding hydrogens is 1180 g/mol. The quantitative estimate of drug-likeness (QED) is 0.0522. The first-order chi connectivity index (χ1) is 44.1. The highest BCUT2D eigenvalue weighted by Crippen LogP contribution is 2.28. The van der Waals surface area contributed by atoms with E-state index < -0.39 is 6.10 Å². The van der Waals surface area contributed by atoms with Gasteiger partial charge in [0.15, 0.2) is 11.5 Å². The van der Waals surface area contributed by atoms with E-state index in [0.29, 0.717) is 98.3 Å². The molecule has 20 nitrogen and oxygen atoms in total. The number of hydrogen-bond donors (Lipinski definition) is 1. The highest BCUT2D eigenvalue weighted by molar-refractivity contribution is 5.91. The second kappa shape index (κ2) is 50.7. The average molecular weight is 1310 g/mol. The number of benzene rings is 1. The molecule has 16 unspecified atom stereocenters. The molecule has 1 N–H and O–H groups in total. The number of aliphatic hydroxyl groups excluding tert-OH is 1. The minimum Gasteiger partial charge on any atom is -0.391 e. The molecule has 0 aliphatic rings. The maximum atomic E-state index is 9.38. The van der Waals surface area contributed by atoms with Crippen LogP contribution in [0.2, 0.25) is 0 Å². The fourth-order valence-corrected chi connectivity index (χ4v) is 9.83. The lowest BCUT2D eigenvalue weighted by Gasteiger charge is -2.24. The van der Waals surface area contributed by atoms with Crippen molar-refractivity contribution >= 4 is 16.6 Å². The van der Waals surface area contributed by atoms with Crippen LogP contribution in [0.5, 0.6) is 0 Å². The van der Waals surface area contributed by atoms with Crippen molar-refractivity contribution in [1.29, 1.82) is 0 Å². The topological polar surface area (TPSA) is 202 Å². The summed E-state index contributed by atoms with van der Waals surface area (Å²) in [5, 5.41) is 15.2. The molecule has 536 valence electrons. The van der Waals surface area contributed by atoms with Crippen molar-refractivity contribution in [3.8, 4) is 0 Å². The Morgan fingerprint density at radius 1 is 0.337 bits per heavy atom. The normalized spacial score (nSPS) is 17.6. The number of fused-ring (bicyclic) bond motifs is 3. The van der Waals surface area contributed by atoms with Crippen LogP contribution in [0.15, 0.2) is 24.3 Å². The first kappa shape index (κ1) is 83.6. The van der Waals surface area contributed by atoms with E-state index in [4.69, 9.17) is 86.1 Å². The van der Waals surface area contributed by atoms with Gasteiger partial charge in [-0.05, 0) is 129 Å². The Balaban J connectivity index is 1.21. The van der Waals surface area contributed by atoms with Crippen molar-refractivity contribution < 1.29 is 76.2 Å². The zero-order valence-electron chi connectivity index (χ0n) is 60.6. The lowest BCUT2D eigenvalue weighted by Crippen LogP contribution is -2.31. The predicted octanol–water partition coefficient (Wildman–Crippen LogP) is 13.6. The van der Waals surface area contributed by atoms with Crippen LogP contribution < -0.4 is 0 Å². The van der Waals surface area contributed by atoms with E-state index in [1.165, 1.54) is 83.5 Å². The molecule has 0 fully saturated rings. The van der Waals surface area contributed by atoms with Crippen molar-refractivity contribution in [2.45, 2.75) is 312 Å². The number of aryl methyl sites for hydroxylation is 1. The molecule has 3 aromatic rings. The van der Waals surface area contributed by atoms with Crippen LogP contribution >= 0.6 is 0 Å². The van der Waals surface area contributed by atoms with Crippen LogP contribution in [0, 0.1) is 6.92 Å². The van der Waals surface area contributed by atoms with E-state index in [9.17, 15) is 5.11 Å². The Hall–Kier alpha value is -2.61. The lowest BCUT2D eigenvalue weighted by molar-refractivity contribution is -0.116. The van der Waals surface area contributed by atoms with Gasteiger partial charge in [0.25, 0.3) is 0 Å². The zero-order valence-corrected chi connectivity index (χ0v) is 60.6. The molecule has 1 aromatic carbocycles. The van der Waals surface area contributed by atoms with Crippen molar-refractivity contribution in [2.75, 3.05) is 99.1 Å². The van der Waals surface area contributed by atoms with Gasteiger partial charge in [0.1, 0.15) is 11.9 Å². The molecule has 0 spiro atoms. The van der Waals surface area contributed by atoms with Crippen molar-refractivity contribution in [1.82, 2.24) is 19.6 Å². The minimum atomic E-state index is -0.497. The fraction of sp³-hybridized carbons (Fsp3) is 0.875. The Labute approximate surface area is 556 Å². The maximum Gasteiger partial charge on any atom is 0.167 e. The van der Waals surface area contributed by atoms with Gasteiger partial charge in [0.2, 0.25) is 0 Å². The highest BCUT2D eigenvalue weighted by atomic mass is 16.6. The monoisotopic (exact) mass is 1310 g/mol. The molecule has 2 heterocycles. The van der Waals surface area contributed by atoms with Crippen molar-refractivity contribution in [3.63, 3.8) is 0 Å². The van der Waals surface area contributed by atoms with Crippen LogP contribution in [-0.2, 0) is 71.1 Å². The van der Waals surface area contributed by atoms with Gasteiger partial charge in [0, 0.05) is 5.39 Å². The first-order valence-electron chi connectivity index (χ1n) is 35.7. The smallest absolute Gasteiger partial charge is 0.167 e. The summed E-state index contributed by atoms with van der Waals surface area (Å²) in [7, 11) is 0. The first-order valence-corrected chi connectivity index (χ1v) is 35.7. The molecule has 92 heavy (non-hydrogen) atoms. The zero-order chi connectivity index (χ0) is 67.5. The molecule has 0 amide bonds. The van der Waals surface area contributed by atoms with Crippen LogP contribution in [-0.4, -0.2) is 215 Å². The molecule has 20 heteroatoms. The van der Waals surface area contributed by atoms with E-state index in [0.717, 1.165) is 35.2 Å². The summed E-state index contributed by atoms with van der Waals surface area (Å²) in [6, 6.07) is 8.14. The number of aliphatic hydroxyl groups is 1. The van der Waals surface area contributed by atoms with E-state index >= 15 is 0 Å². The number of aromatic nitrogens is 4. The van der Waals surface area contributed by atoms with Crippen molar-refractivity contribution in [2.24, 2.45) is 0 Å². The highest BCUT2D eigenvalue weighted by Gasteiger charge is 2.24. The van der Waals surface area contributed by atoms with Gasteiger partial charge in [-0.2, -0.15) is 4.52 Å². The second-order valence-corrected chi connectivity index (χ2v) is 26.5. The Morgan fingerprint density at radius 2 is 0.598 bits per heavy atom. The third-order valence-electron chi connectivity index (χ3n) is 15.6. The molecule has 3 rings (SSSR count). The van der Waals surface area contributed by atoms with Crippen LogP contribution in [0.1, 0.15) is 225 Å². The van der Waals surface area contributed by atoms with Gasteiger partial charge >= 0.3 is 0 Å². The Morgan fingerprint density at radius 3 is 0.891 bits per heavy atom. The summed E-state index contributed by atoms with van der Waals surface area (Å²) in [6.45, 7) is 40.2. The van der Waals surface area contributed by atoms with E-state index in [1.807, 2.05) is 127 Å². The van der Waals surface area contributed by atoms with Gasteiger partial charge in [0.05, 0.1) is 196 Å². The number of rotatable bonds is 61. The summed E-state index contributed by atoms with van der Waals surface area (Å²) >= 11 is 0. The third-order valence-corrected chi connectivity index (χ3v) is 15.6. The molecule has 0 bridgehead atoms. The fourth-order valence-electron chi connectivity index (χ4n) is 9.83. The number of ether oxygens (including phenoxy) is 15. The second-order valence-electron chi connectivity index (χ2n) is 26.5.